The van der Waals surface area contributed by atoms with Crippen molar-refractivity contribution in [2.75, 3.05) is 6.54 Å². The van der Waals surface area contributed by atoms with Crippen molar-refractivity contribution in [3.8, 4) is 6.07 Å². The maximum Gasteiger partial charge on any atom is 0.346 e. The maximum atomic E-state index is 11.6. The van der Waals surface area contributed by atoms with Crippen LogP contribution in [0.3, 0.4) is 0 Å². The molecule has 8 heteroatoms. The fraction of sp³-hybridized carbons (Fsp3) is 0.714. The molecule has 2 heterocycles. The molecule has 0 aromatic heterocycles. The van der Waals surface area contributed by atoms with Crippen molar-refractivity contribution in [3.05, 3.63) is 0 Å². The SMILES string of the molecule is N#C[C@@H]1CC[C@@H]2CN1C(=O)N2OS(=O)O. The third-order valence-electron chi connectivity index (χ3n) is 2.62. The molecule has 0 saturated carbocycles. The number of amides is 2. The molecular weight excluding hydrogens is 222 g/mol. The number of piperidine rings is 1. The van der Waals surface area contributed by atoms with Crippen molar-refractivity contribution in [1.29, 1.82) is 5.26 Å². The highest BCUT2D eigenvalue weighted by Crippen LogP contribution is 2.29. The Morgan fingerprint density at radius 1 is 1.60 bits per heavy atom. The van der Waals surface area contributed by atoms with Gasteiger partial charge in [-0.1, -0.05) is 0 Å². The molecule has 0 aliphatic carbocycles. The van der Waals surface area contributed by atoms with Gasteiger partial charge in [0.15, 0.2) is 0 Å². The topological polar surface area (TPSA) is 93.9 Å². The minimum absolute atomic E-state index is 0.224. The fourth-order valence-corrected chi connectivity index (χ4v) is 2.26. The Hall–Kier alpha value is -1.17. The first kappa shape index (κ1) is 10.4. The molecule has 0 spiro atoms. The fourth-order valence-electron chi connectivity index (χ4n) is 1.93. The Morgan fingerprint density at radius 2 is 2.33 bits per heavy atom. The van der Waals surface area contributed by atoms with Gasteiger partial charge in [-0.3, -0.25) is 4.55 Å². The van der Waals surface area contributed by atoms with Gasteiger partial charge in [0.25, 0.3) is 0 Å². The lowest BCUT2D eigenvalue weighted by atomic mass is 10.0. The van der Waals surface area contributed by atoms with Crippen LogP contribution in [-0.2, 0) is 15.6 Å². The molecule has 2 aliphatic heterocycles. The molecule has 2 saturated heterocycles. The molecule has 7 nitrogen and oxygen atoms in total. The Morgan fingerprint density at radius 3 is 2.93 bits per heavy atom. The number of hydroxylamine groups is 2. The Bertz CT molecular complexity index is 355. The number of urea groups is 1. The van der Waals surface area contributed by atoms with E-state index in [9.17, 15) is 9.00 Å². The van der Waals surface area contributed by atoms with Crippen LogP contribution in [0.4, 0.5) is 4.79 Å². The number of carbonyl (C=O) groups excluding carboxylic acids is 1. The number of nitriles is 1. The first-order valence-electron chi connectivity index (χ1n) is 4.42. The van der Waals surface area contributed by atoms with Gasteiger partial charge >= 0.3 is 17.4 Å². The van der Waals surface area contributed by atoms with E-state index in [4.69, 9.17) is 9.81 Å². The molecule has 2 bridgehead atoms. The van der Waals surface area contributed by atoms with Crippen LogP contribution in [0.1, 0.15) is 12.8 Å². The van der Waals surface area contributed by atoms with Gasteiger partial charge in [-0.25, -0.2) is 4.79 Å². The standard InChI is InChI=1S/C7H9N3O4S/c8-3-5-1-2-6-4-9(5)7(11)10(6)14-15(12)13/h5-6H,1-2,4H2,(H,12,13)/t5-,6+/m0/s1. The van der Waals surface area contributed by atoms with Crippen molar-refractivity contribution in [1.82, 2.24) is 9.96 Å². The average molecular weight is 231 g/mol. The van der Waals surface area contributed by atoms with E-state index in [1.54, 1.807) is 0 Å². The summed E-state index contributed by atoms with van der Waals surface area (Å²) in [5, 5.41) is 9.68. The van der Waals surface area contributed by atoms with E-state index in [1.807, 2.05) is 6.07 Å². The predicted octanol–water partition coefficient (Wildman–Crippen LogP) is -0.153. The third kappa shape index (κ3) is 1.69. The van der Waals surface area contributed by atoms with E-state index in [0.29, 0.717) is 19.4 Å². The molecule has 82 valence electrons. The van der Waals surface area contributed by atoms with Gasteiger partial charge in [0.05, 0.1) is 12.1 Å². The Balaban J connectivity index is 2.15. The largest absolute Gasteiger partial charge is 0.346 e. The lowest BCUT2D eigenvalue weighted by molar-refractivity contribution is -0.0229. The number of fused-ring (bicyclic) bond motifs is 2. The molecule has 15 heavy (non-hydrogen) atoms. The number of hydrogen-bond donors (Lipinski definition) is 1. The molecule has 1 N–H and O–H groups in total. The van der Waals surface area contributed by atoms with Gasteiger partial charge in [0, 0.05) is 6.54 Å². The second-order valence-corrected chi connectivity index (χ2v) is 4.01. The molecular formula is C7H9N3O4S. The van der Waals surface area contributed by atoms with Crippen LogP contribution < -0.4 is 0 Å². The summed E-state index contributed by atoms with van der Waals surface area (Å²) in [5.41, 5.74) is 0. The van der Waals surface area contributed by atoms with E-state index in [0.717, 1.165) is 5.06 Å². The van der Waals surface area contributed by atoms with Crippen LogP contribution in [0.5, 0.6) is 0 Å². The van der Waals surface area contributed by atoms with E-state index in [-0.39, 0.29) is 6.04 Å². The number of rotatable bonds is 2. The van der Waals surface area contributed by atoms with Crippen molar-refractivity contribution in [3.63, 3.8) is 0 Å². The molecule has 0 aromatic rings. The van der Waals surface area contributed by atoms with Gasteiger partial charge in [0.1, 0.15) is 6.04 Å². The van der Waals surface area contributed by atoms with Crippen molar-refractivity contribution < 1.29 is 17.8 Å². The van der Waals surface area contributed by atoms with Crippen LogP contribution in [0.15, 0.2) is 0 Å². The molecule has 0 aromatic carbocycles. The quantitative estimate of drug-likeness (QED) is 0.667. The molecule has 3 atom stereocenters. The monoisotopic (exact) mass is 231 g/mol. The van der Waals surface area contributed by atoms with Crippen LogP contribution >= 0.6 is 0 Å². The third-order valence-corrected chi connectivity index (χ3v) is 2.90. The molecule has 2 aliphatic rings. The summed E-state index contributed by atoms with van der Waals surface area (Å²) >= 11 is -2.50. The first-order chi connectivity index (χ1) is 7.13. The van der Waals surface area contributed by atoms with Gasteiger partial charge in [-0.05, 0) is 12.8 Å². The lowest BCUT2D eigenvalue weighted by Crippen LogP contribution is -2.38. The Kier molecular flexibility index (Phi) is 2.60. The summed E-state index contributed by atoms with van der Waals surface area (Å²) in [4.78, 5) is 13.0. The summed E-state index contributed by atoms with van der Waals surface area (Å²) in [7, 11) is 0. The van der Waals surface area contributed by atoms with E-state index in [1.165, 1.54) is 4.90 Å². The summed E-state index contributed by atoms with van der Waals surface area (Å²) in [6, 6.07) is 0.839. The highest BCUT2D eigenvalue weighted by Gasteiger charge is 2.46. The van der Waals surface area contributed by atoms with Crippen LogP contribution in [0.2, 0.25) is 0 Å². The second-order valence-electron chi connectivity index (χ2n) is 3.43. The zero-order valence-electron chi connectivity index (χ0n) is 7.70. The number of hydrogen-bond acceptors (Lipinski definition) is 4. The molecule has 2 rings (SSSR count). The molecule has 1 unspecified atom stereocenters. The zero-order chi connectivity index (χ0) is 11.0. The molecule has 0 radical (unpaired) electrons. The summed E-state index contributed by atoms with van der Waals surface area (Å²) in [6.45, 7) is 0.383. The average Bonchev–Trinajstić information content (AvgIpc) is 2.44. The van der Waals surface area contributed by atoms with E-state index in [2.05, 4.69) is 4.28 Å². The maximum absolute atomic E-state index is 11.6. The lowest BCUT2D eigenvalue weighted by Gasteiger charge is -2.24. The minimum Gasteiger partial charge on any atom is -0.305 e. The zero-order valence-corrected chi connectivity index (χ0v) is 8.51. The van der Waals surface area contributed by atoms with Gasteiger partial charge < -0.3 is 4.90 Å². The van der Waals surface area contributed by atoms with Gasteiger partial charge in [-0.15, -0.1) is 4.28 Å². The summed E-state index contributed by atoms with van der Waals surface area (Å²) in [5.74, 6) is 0. The number of nitrogens with zero attached hydrogens (tertiary/aromatic N) is 3. The Labute approximate surface area is 88.6 Å². The predicted molar refractivity (Wildman–Crippen MR) is 48.2 cm³/mol. The van der Waals surface area contributed by atoms with E-state index < -0.39 is 23.4 Å². The summed E-state index contributed by atoms with van der Waals surface area (Å²) < 4.78 is 23.5. The summed E-state index contributed by atoms with van der Waals surface area (Å²) in [6.07, 6.45) is 1.18. The minimum atomic E-state index is -2.50. The highest BCUT2D eigenvalue weighted by molar-refractivity contribution is 7.74. The number of carbonyl (C=O) groups is 1. The van der Waals surface area contributed by atoms with Crippen molar-refractivity contribution in [2.24, 2.45) is 0 Å². The smallest absolute Gasteiger partial charge is 0.305 e. The van der Waals surface area contributed by atoms with Crippen molar-refractivity contribution >= 4 is 17.4 Å². The molecule has 2 amide bonds. The van der Waals surface area contributed by atoms with Crippen LogP contribution in [0.25, 0.3) is 0 Å². The van der Waals surface area contributed by atoms with Gasteiger partial charge in [0.2, 0.25) is 0 Å². The van der Waals surface area contributed by atoms with Crippen LogP contribution in [0, 0.1) is 11.3 Å². The second kappa shape index (κ2) is 3.77. The van der Waals surface area contributed by atoms with Gasteiger partial charge in [-0.2, -0.15) is 14.5 Å². The first-order valence-corrected chi connectivity index (χ1v) is 5.45. The normalized spacial score (nSPS) is 31.6. The van der Waals surface area contributed by atoms with Crippen LogP contribution in [-0.4, -0.2) is 43.4 Å². The molecule has 2 fully saturated rings. The highest BCUT2D eigenvalue weighted by atomic mass is 32.2. The van der Waals surface area contributed by atoms with Crippen molar-refractivity contribution in [2.45, 2.75) is 24.9 Å². The van der Waals surface area contributed by atoms with E-state index >= 15 is 0 Å².